The molecule has 0 atom stereocenters. The standard InChI is InChI=1S/C11H21NO3S/c1-16-11(5-3-2-4-6-11)9-12-10(14)15-8-7-13/h13H,2-9H2,1H3,(H,12,14). The molecule has 0 aromatic carbocycles. The Morgan fingerprint density at radius 1 is 1.44 bits per heavy atom. The summed E-state index contributed by atoms with van der Waals surface area (Å²) in [6, 6.07) is 0. The van der Waals surface area contributed by atoms with Crippen LogP contribution in [-0.2, 0) is 4.74 Å². The second-order valence-corrected chi connectivity index (χ2v) is 5.44. The first kappa shape index (κ1) is 13.6. The van der Waals surface area contributed by atoms with Crippen LogP contribution in [0.15, 0.2) is 0 Å². The van der Waals surface area contributed by atoms with Crippen LogP contribution < -0.4 is 5.32 Å². The van der Waals surface area contributed by atoms with Crippen LogP contribution in [0.2, 0.25) is 0 Å². The third-order valence-electron chi connectivity index (χ3n) is 3.08. The molecule has 4 nitrogen and oxygen atoms in total. The monoisotopic (exact) mass is 247 g/mol. The Morgan fingerprint density at radius 2 is 2.12 bits per heavy atom. The number of aliphatic hydroxyl groups is 1. The van der Waals surface area contributed by atoms with Gasteiger partial charge >= 0.3 is 6.09 Å². The average molecular weight is 247 g/mol. The molecule has 1 rings (SSSR count). The van der Waals surface area contributed by atoms with Crippen LogP contribution in [0.3, 0.4) is 0 Å². The predicted molar refractivity (Wildman–Crippen MR) is 65.8 cm³/mol. The maximum atomic E-state index is 11.2. The van der Waals surface area contributed by atoms with E-state index in [1.807, 2.05) is 11.8 Å². The lowest BCUT2D eigenvalue weighted by Crippen LogP contribution is -2.42. The number of aliphatic hydroxyl groups excluding tert-OH is 1. The van der Waals surface area contributed by atoms with Crippen LogP contribution in [0.4, 0.5) is 4.79 Å². The highest BCUT2D eigenvalue weighted by Crippen LogP contribution is 2.37. The average Bonchev–Trinajstić information content (AvgIpc) is 2.35. The van der Waals surface area contributed by atoms with E-state index in [1.54, 1.807) is 0 Å². The van der Waals surface area contributed by atoms with Crippen molar-refractivity contribution in [2.24, 2.45) is 0 Å². The van der Waals surface area contributed by atoms with Crippen molar-refractivity contribution < 1.29 is 14.6 Å². The van der Waals surface area contributed by atoms with Gasteiger partial charge < -0.3 is 15.2 Å². The molecule has 94 valence electrons. The molecule has 0 heterocycles. The largest absolute Gasteiger partial charge is 0.447 e. The first-order valence-electron chi connectivity index (χ1n) is 5.79. The molecule has 0 aliphatic heterocycles. The Hall–Kier alpha value is -0.420. The summed E-state index contributed by atoms with van der Waals surface area (Å²) in [5.41, 5.74) is 0. The summed E-state index contributed by atoms with van der Waals surface area (Å²) in [6.07, 6.45) is 7.79. The molecule has 1 aliphatic rings. The van der Waals surface area contributed by atoms with Gasteiger partial charge in [0.05, 0.1) is 6.61 Å². The summed E-state index contributed by atoms with van der Waals surface area (Å²) in [7, 11) is 0. The molecule has 0 bridgehead atoms. The summed E-state index contributed by atoms with van der Waals surface area (Å²) < 4.78 is 4.95. The minimum Gasteiger partial charge on any atom is -0.447 e. The summed E-state index contributed by atoms with van der Waals surface area (Å²) >= 11 is 1.84. The van der Waals surface area contributed by atoms with Crippen molar-refractivity contribution in [2.45, 2.75) is 36.9 Å². The van der Waals surface area contributed by atoms with E-state index in [1.165, 1.54) is 19.3 Å². The molecule has 1 aliphatic carbocycles. The molecule has 1 amide bonds. The van der Waals surface area contributed by atoms with Gasteiger partial charge in [-0.25, -0.2) is 4.79 Å². The van der Waals surface area contributed by atoms with Gasteiger partial charge in [0.2, 0.25) is 0 Å². The van der Waals surface area contributed by atoms with E-state index in [0.29, 0.717) is 6.54 Å². The van der Waals surface area contributed by atoms with Crippen molar-refractivity contribution in [3.63, 3.8) is 0 Å². The number of alkyl carbamates (subject to hydrolysis) is 1. The van der Waals surface area contributed by atoms with E-state index in [-0.39, 0.29) is 18.0 Å². The van der Waals surface area contributed by atoms with Crippen molar-refractivity contribution in [1.82, 2.24) is 5.32 Å². The lowest BCUT2D eigenvalue weighted by molar-refractivity contribution is 0.118. The number of thioether (sulfide) groups is 1. The lowest BCUT2D eigenvalue weighted by Gasteiger charge is -2.35. The zero-order valence-electron chi connectivity index (χ0n) is 9.83. The van der Waals surface area contributed by atoms with Gasteiger partial charge in [-0.15, -0.1) is 0 Å². The first-order valence-corrected chi connectivity index (χ1v) is 7.01. The molecule has 0 radical (unpaired) electrons. The quantitative estimate of drug-likeness (QED) is 0.777. The summed E-state index contributed by atoms with van der Waals surface area (Å²) in [6.45, 7) is 0.609. The minimum atomic E-state index is -0.423. The normalized spacial score (nSPS) is 19.1. The Kier molecular flexibility index (Phi) is 5.98. The fourth-order valence-electron chi connectivity index (χ4n) is 2.07. The summed E-state index contributed by atoms with van der Waals surface area (Å²) in [5.74, 6) is 0. The molecule has 1 saturated carbocycles. The number of nitrogens with one attached hydrogen (secondary N) is 1. The number of carbonyl (C=O) groups excluding carboxylic acids is 1. The SMILES string of the molecule is CSC1(CNC(=O)OCCO)CCCCC1. The van der Waals surface area contributed by atoms with Crippen molar-refractivity contribution in [3.05, 3.63) is 0 Å². The maximum absolute atomic E-state index is 11.2. The van der Waals surface area contributed by atoms with Crippen molar-refractivity contribution in [1.29, 1.82) is 0 Å². The molecule has 2 N–H and O–H groups in total. The molecular weight excluding hydrogens is 226 g/mol. The molecule has 0 aromatic heterocycles. The molecule has 0 aromatic rings. The number of ether oxygens (including phenoxy) is 1. The fraction of sp³-hybridized carbons (Fsp3) is 0.909. The minimum absolute atomic E-state index is 0.0676. The van der Waals surface area contributed by atoms with E-state index < -0.39 is 6.09 Å². The van der Waals surface area contributed by atoms with Crippen molar-refractivity contribution in [2.75, 3.05) is 26.0 Å². The Balaban J connectivity index is 2.30. The van der Waals surface area contributed by atoms with Crippen molar-refractivity contribution in [3.8, 4) is 0 Å². The van der Waals surface area contributed by atoms with E-state index in [9.17, 15) is 4.79 Å². The fourth-order valence-corrected chi connectivity index (χ4v) is 2.99. The van der Waals surface area contributed by atoms with Crippen LogP contribution in [-0.4, -0.2) is 42.0 Å². The number of hydrogen-bond acceptors (Lipinski definition) is 4. The highest BCUT2D eigenvalue weighted by atomic mass is 32.2. The first-order chi connectivity index (χ1) is 7.72. The van der Waals surface area contributed by atoms with Gasteiger partial charge in [0.15, 0.2) is 0 Å². The highest BCUT2D eigenvalue weighted by Gasteiger charge is 2.31. The molecule has 5 heteroatoms. The number of carbonyl (C=O) groups is 1. The van der Waals surface area contributed by atoms with E-state index >= 15 is 0 Å². The maximum Gasteiger partial charge on any atom is 0.407 e. The van der Waals surface area contributed by atoms with E-state index in [2.05, 4.69) is 11.6 Å². The highest BCUT2D eigenvalue weighted by molar-refractivity contribution is 8.00. The van der Waals surface area contributed by atoms with Crippen molar-refractivity contribution >= 4 is 17.9 Å². The third-order valence-corrected chi connectivity index (χ3v) is 4.50. The van der Waals surface area contributed by atoms with Crippen LogP contribution in [0.25, 0.3) is 0 Å². The molecule has 1 fully saturated rings. The van der Waals surface area contributed by atoms with Gasteiger partial charge in [-0.3, -0.25) is 0 Å². The number of hydrogen-bond donors (Lipinski definition) is 2. The van der Waals surface area contributed by atoms with Crippen LogP contribution in [0.1, 0.15) is 32.1 Å². The molecular formula is C11H21NO3S. The van der Waals surface area contributed by atoms with E-state index in [0.717, 1.165) is 12.8 Å². The molecule has 16 heavy (non-hydrogen) atoms. The second-order valence-electron chi connectivity index (χ2n) is 4.16. The van der Waals surface area contributed by atoms with Gasteiger partial charge in [-0.2, -0.15) is 11.8 Å². The van der Waals surface area contributed by atoms with Gasteiger partial charge in [-0.05, 0) is 19.1 Å². The number of rotatable bonds is 5. The van der Waals surface area contributed by atoms with Gasteiger partial charge in [0.25, 0.3) is 0 Å². The topological polar surface area (TPSA) is 58.6 Å². The Labute approximate surface area is 101 Å². The van der Waals surface area contributed by atoms with Crippen LogP contribution in [0.5, 0.6) is 0 Å². The number of amides is 1. The van der Waals surface area contributed by atoms with Gasteiger partial charge in [0.1, 0.15) is 6.61 Å². The molecule has 0 saturated heterocycles. The summed E-state index contributed by atoms with van der Waals surface area (Å²) in [5, 5.41) is 11.3. The zero-order chi connectivity index (χ0) is 11.9. The van der Waals surface area contributed by atoms with Crippen LogP contribution >= 0.6 is 11.8 Å². The molecule has 0 spiro atoms. The smallest absolute Gasteiger partial charge is 0.407 e. The van der Waals surface area contributed by atoms with Gasteiger partial charge in [0, 0.05) is 11.3 Å². The lowest BCUT2D eigenvalue weighted by atomic mass is 9.88. The van der Waals surface area contributed by atoms with Crippen LogP contribution in [0, 0.1) is 0 Å². The molecule has 0 unspecified atom stereocenters. The van der Waals surface area contributed by atoms with Gasteiger partial charge in [-0.1, -0.05) is 19.3 Å². The predicted octanol–water partition coefficient (Wildman–Crippen LogP) is 1.77. The third kappa shape index (κ3) is 4.22. The second kappa shape index (κ2) is 7.01. The van der Waals surface area contributed by atoms with E-state index in [4.69, 9.17) is 9.84 Å². The zero-order valence-corrected chi connectivity index (χ0v) is 10.6. The Morgan fingerprint density at radius 3 is 2.69 bits per heavy atom. The Bertz CT molecular complexity index is 217. The summed E-state index contributed by atoms with van der Waals surface area (Å²) in [4.78, 5) is 11.2.